The minimum absolute atomic E-state index is 0.00635. The average molecular weight is 302 g/mol. The Morgan fingerprint density at radius 2 is 1.91 bits per heavy atom. The van der Waals surface area contributed by atoms with Crippen molar-refractivity contribution in [2.75, 3.05) is 6.54 Å². The van der Waals surface area contributed by atoms with Crippen molar-refractivity contribution < 1.29 is 4.79 Å². The molecule has 1 saturated carbocycles. The summed E-state index contributed by atoms with van der Waals surface area (Å²) in [6.07, 6.45) is 2.16. The predicted octanol–water partition coefficient (Wildman–Crippen LogP) is 3.75. The van der Waals surface area contributed by atoms with E-state index in [1.165, 1.54) is 5.56 Å². The van der Waals surface area contributed by atoms with Gasteiger partial charge in [0, 0.05) is 23.1 Å². The van der Waals surface area contributed by atoms with E-state index in [9.17, 15) is 10.1 Å². The molecule has 1 heterocycles. The quantitative estimate of drug-likeness (QED) is 0.866. The second-order valence-corrected chi connectivity index (χ2v) is 6.65. The van der Waals surface area contributed by atoms with Crippen molar-refractivity contribution in [3.63, 3.8) is 0 Å². The molecule has 114 valence electrons. The Bertz CT molecular complexity index is 815. The maximum absolute atomic E-state index is 12.9. The summed E-state index contributed by atoms with van der Waals surface area (Å²) in [5, 5.41) is 9.64. The molecular formula is C20H18N2O. The maximum Gasteiger partial charge on any atom is 0.255 e. The lowest BCUT2D eigenvalue weighted by Gasteiger charge is -2.26. The first kappa shape index (κ1) is 14.0. The van der Waals surface area contributed by atoms with Crippen molar-refractivity contribution in [2.24, 2.45) is 0 Å². The molecule has 1 aliphatic carbocycles. The molecule has 1 amide bonds. The first-order valence-electron chi connectivity index (χ1n) is 8.02. The third-order valence-corrected chi connectivity index (χ3v) is 5.22. The zero-order chi connectivity index (χ0) is 16.0. The van der Waals surface area contributed by atoms with E-state index in [4.69, 9.17) is 0 Å². The summed E-state index contributed by atoms with van der Waals surface area (Å²) in [5.74, 6) is 0.00635. The Morgan fingerprint density at radius 1 is 1.17 bits per heavy atom. The van der Waals surface area contributed by atoms with Crippen molar-refractivity contribution in [2.45, 2.75) is 31.2 Å². The molecule has 2 aromatic carbocycles. The van der Waals surface area contributed by atoms with Crippen LogP contribution in [0.4, 0.5) is 0 Å². The fraction of sp³-hybridized carbons (Fsp3) is 0.300. The topological polar surface area (TPSA) is 44.1 Å². The van der Waals surface area contributed by atoms with Gasteiger partial charge >= 0.3 is 0 Å². The summed E-state index contributed by atoms with van der Waals surface area (Å²) in [7, 11) is 0. The van der Waals surface area contributed by atoms with E-state index >= 15 is 0 Å². The zero-order valence-electron chi connectivity index (χ0n) is 13.1. The van der Waals surface area contributed by atoms with Gasteiger partial charge in [0.15, 0.2) is 0 Å². The monoisotopic (exact) mass is 302 g/mol. The third-order valence-electron chi connectivity index (χ3n) is 5.22. The molecule has 1 atom stereocenters. The summed E-state index contributed by atoms with van der Waals surface area (Å²) in [6, 6.07) is 18.0. The summed E-state index contributed by atoms with van der Waals surface area (Å²) in [4.78, 5) is 14.7. The van der Waals surface area contributed by atoms with Crippen molar-refractivity contribution in [3.8, 4) is 6.07 Å². The Morgan fingerprint density at radius 3 is 2.57 bits per heavy atom. The Kier molecular flexibility index (Phi) is 3.02. The van der Waals surface area contributed by atoms with Gasteiger partial charge in [-0.1, -0.05) is 48.5 Å². The van der Waals surface area contributed by atoms with Crippen molar-refractivity contribution >= 4 is 5.91 Å². The molecule has 0 spiro atoms. The van der Waals surface area contributed by atoms with Crippen LogP contribution < -0.4 is 0 Å². The molecule has 2 aliphatic rings. The van der Waals surface area contributed by atoms with Crippen LogP contribution in [-0.2, 0) is 5.41 Å². The third kappa shape index (κ3) is 2.06. The SMILES string of the molecule is Cc1cccc2c1C(=O)N(CC1(c3ccccc3)CC1)C2C#N. The minimum Gasteiger partial charge on any atom is -0.318 e. The van der Waals surface area contributed by atoms with Crippen LogP contribution in [0.15, 0.2) is 48.5 Å². The predicted molar refractivity (Wildman–Crippen MR) is 87.9 cm³/mol. The van der Waals surface area contributed by atoms with Gasteiger partial charge in [-0.25, -0.2) is 0 Å². The molecule has 3 heteroatoms. The van der Waals surface area contributed by atoms with Crippen LogP contribution in [0, 0.1) is 18.3 Å². The van der Waals surface area contributed by atoms with E-state index < -0.39 is 6.04 Å². The standard InChI is InChI=1S/C20H18N2O/c1-14-6-5-9-16-17(12-21)22(19(23)18(14)16)13-20(10-11-20)15-7-3-2-4-8-15/h2-9,17H,10-11,13H2,1H3. The molecule has 0 saturated heterocycles. The number of nitriles is 1. The van der Waals surface area contributed by atoms with Crippen LogP contribution in [0.5, 0.6) is 0 Å². The summed E-state index contributed by atoms with van der Waals surface area (Å²) in [5.41, 5.74) is 3.85. The van der Waals surface area contributed by atoms with E-state index in [1.54, 1.807) is 4.90 Å². The summed E-state index contributed by atoms with van der Waals surface area (Å²) >= 11 is 0. The van der Waals surface area contributed by atoms with Crippen molar-refractivity contribution in [1.29, 1.82) is 5.26 Å². The highest BCUT2D eigenvalue weighted by Gasteiger charge is 2.49. The number of amides is 1. The first-order valence-corrected chi connectivity index (χ1v) is 8.02. The molecule has 3 nitrogen and oxygen atoms in total. The molecule has 23 heavy (non-hydrogen) atoms. The molecule has 1 aliphatic heterocycles. The Hall–Kier alpha value is -2.60. The lowest BCUT2D eigenvalue weighted by molar-refractivity contribution is 0.0739. The Balaban J connectivity index is 1.70. The fourth-order valence-corrected chi connectivity index (χ4v) is 3.75. The fourth-order valence-electron chi connectivity index (χ4n) is 3.75. The molecule has 0 bridgehead atoms. The lowest BCUT2D eigenvalue weighted by Crippen LogP contribution is -2.35. The van der Waals surface area contributed by atoms with Crippen LogP contribution >= 0.6 is 0 Å². The number of aryl methyl sites for hydroxylation is 1. The van der Waals surface area contributed by atoms with Gasteiger partial charge in [-0.2, -0.15) is 5.26 Å². The normalized spacial score (nSPS) is 21.0. The lowest BCUT2D eigenvalue weighted by atomic mass is 9.95. The number of benzene rings is 2. The van der Waals surface area contributed by atoms with Crippen LogP contribution in [0.25, 0.3) is 0 Å². The van der Waals surface area contributed by atoms with Gasteiger partial charge in [-0.05, 0) is 30.9 Å². The molecule has 0 aromatic heterocycles. The molecule has 2 aromatic rings. The van der Waals surface area contributed by atoms with Crippen LogP contribution in [0.3, 0.4) is 0 Å². The van der Waals surface area contributed by atoms with Gasteiger partial charge in [0.25, 0.3) is 5.91 Å². The molecule has 1 unspecified atom stereocenters. The molecule has 4 rings (SSSR count). The van der Waals surface area contributed by atoms with E-state index in [0.29, 0.717) is 6.54 Å². The number of carbonyl (C=O) groups excluding carboxylic acids is 1. The molecule has 0 radical (unpaired) electrons. The number of hydrogen-bond donors (Lipinski definition) is 0. The smallest absolute Gasteiger partial charge is 0.255 e. The zero-order valence-corrected chi connectivity index (χ0v) is 13.1. The largest absolute Gasteiger partial charge is 0.318 e. The van der Waals surface area contributed by atoms with Crippen LogP contribution in [0.1, 0.15) is 45.9 Å². The van der Waals surface area contributed by atoms with Gasteiger partial charge in [-0.15, -0.1) is 0 Å². The number of nitrogens with zero attached hydrogens (tertiary/aromatic N) is 2. The average Bonchev–Trinajstić information content (AvgIpc) is 3.30. The van der Waals surface area contributed by atoms with Gasteiger partial charge in [-0.3, -0.25) is 4.79 Å². The summed E-state index contributed by atoms with van der Waals surface area (Å²) in [6.45, 7) is 2.57. The van der Waals surface area contributed by atoms with Crippen molar-refractivity contribution in [1.82, 2.24) is 4.90 Å². The van der Waals surface area contributed by atoms with Gasteiger partial charge < -0.3 is 4.90 Å². The van der Waals surface area contributed by atoms with E-state index in [1.807, 2.05) is 43.3 Å². The number of rotatable bonds is 3. The second-order valence-electron chi connectivity index (χ2n) is 6.65. The van der Waals surface area contributed by atoms with Crippen LogP contribution in [0.2, 0.25) is 0 Å². The molecule has 1 fully saturated rings. The van der Waals surface area contributed by atoms with Crippen molar-refractivity contribution in [3.05, 3.63) is 70.8 Å². The minimum atomic E-state index is -0.460. The summed E-state index contributed by atoms with van der Waals surface area (Å²) < 4.78 is 0. The molecular weight excluding hydrogens is 284 g/mol. The second kappa shape index (κ2) is 4.96. The van der Waals surface area contributed by atoms with Gasteiger partial charge in [0.2, 0.25) is 0 Å². The van der Waals surface area contributed by atoms with E-state index in [2.05, 4.69) is 18.2 Å². The number of fused-ring (bicyclic) bond motifs is 1. The highest BCUT2D eigenvalue weighted by atomic mass is 16.2. The Labute approximate surface area is 136 Å². The van der Waals surface area contributed by atoms with Gasteiger partial charge in [0.05, 0.1) is 6.07 Å². The highest BCUT2D eigenvalue weighted by molar-refractivity contribution is 6.01. The molecule has 0 N–H and O–H groups in total. The highest BCUT2D eigenvalue weighted by Crippen LogP contribution is 2.50. The number of hydrogen-bond acceptors (Lipinski definition) is 2. The van der Waals surface area contributed by atoms with E-state index in [-0.39, 0.29) is 11.3 Å². The first-order chi connectivity index (χ1) is 11.2. The van der Waals surface area contributed by atoms with Crippen LogP contribution in [-0.4, -0.2) is 17.4 Å². The van der Waals surface area contributed by atoms with E-state index in [0.717, 1.165) is 29.5 Å². The van der Waals surface area contributed by atoms with Gasteiger partial charge in [0.1, 0.15) is 6.04 Å². The maximum atomic E-state index is 12.9. The number of carbonyl (C=O) groups is 1.